The summed E-state index contributed by atoms with van der Waals surface area (Å²) in [6.07, 6.45) is 19.1. The highest BCUT2D eigenvalue weighted by Crippen LogP contribution is 2.43. The number of hydrogen-bond acceptors (Lipinski definition) is 8. The van der Waals surface area contributed by atoms with Gasteiger partial charge in [-0.15, -0.1) is 0 Å². The van der Waals surface area contributed by atoms with Crippen molar-refractivity contribution in [3.63, 3.8) is 0 Å². The van der Waals surface area contributed by atoms with E-state index in [0.29, 0.717) is 6.42 Å². The summed E-state index contributed by atoms with van der Waals surface area (Å²) < 4.78 is 32.2. The predicted molar refractivity (Wildman–Crippen MR) is 151 cm³/mol. The molecule has 0 aliphatic carbocycles. The Morgan fingerprint density at radius 1 is 0.684 bits per heavy atom. The molecule has 0 saturated heterocycles. The zero-order valence-corrected chi connectivity index (χ0v) is 25.1. The third-order valence-electron chi connectivity index (χ3n) is 6.24. The second-order valence-electron chi connectivity index (χ2n) is 9.98. The van der Waals surface area contributed by atoms with Crippen molar-refractivity contribution in [2.75, 3.05) is 26.4 Å². The number of rotatable bonds is 28. The molecule has 38 heavy (non-hydrogen) atoms. The van der Waals surface area contributed by atoms with Crippen LogP contribution in [0.4, 0.5) is 0 Å². The maximum atomic E-state index is 12.3. The van der Waals surface area contributed by atoms with Gasteiger partial charge >= 0.3 is 19.8 Å². The van der Waals surface area contributed by atoms with Crippen LogP contribution in [0, 0.1) is 0 Å². The van der Waals surface area contributed by atoms with Crippen molar-refractivity contribution in [3.8, 4) is 0 Å². The number of carbonyl (C=O) groups excluding carboxylic acids is 2. The van der Waals surface area contributed by atoms with Gasteiger partial charge in [-0.3, -0.25) is 18.6 Å². The van der Waals surface area contributed by atoms with Crippen molar-refractivity contribution >= 4 is 19.8 Å². The molecule has 0 aromatic heterocycles. The minimum absolute atomic E-state index is 0.0566. The zero-order chi connectivity index (χ0) is 28.3. The van der Waals surface area contributed by atoms with Crippen molar-refractivity contribution in [1.82, 2.24) is 0 Å². The van der Waals surface area contributed by atoms with Crippen molar-refractivity contribution in [2.45, 2.75) is 142 Å². The standard InChI is InChI=1S/C28H56NO8P/c1-3-5-7-9-10-11-12-13-14-15-16-17-19-21-28(31)37-26(25-36-38(32,33)35-23-22-29)24-34-27(30)20-18-8-6-4-2/h26H,3-25,29H2,1-2H3,(H,32,33)/t26-/m1/s1. The van der Waals surface area contributed by atoms with Gasteiger partial charge in [0.05, 0.1) is 13.2 Å². The van der Waals surface area contributed by atoms with E-state index in [9.17, 15) is 19.0 Å². The highest BCUT2D eigenvalue weighted by atomic mass is 31.2. The molecule has 0 aromatic rings. The van der Waals surface area contributed by atoms with Crippen LogP contribution in [-0.2, 0) is 32.7 Å². The number of unbranched alkanes of at least 4 members (excludes halogenated alkanes) is 15. The van der Waals surface area contributed by atoms with Gasteiger partial charge in [-0.05, 0) is 12.8 Å². The fourth-order valence-corrected chi connectivity index (χ4v) is 4.75. The Kier molecular flexibility index (Phi) is 25.6. The summed E-state index contributed by atoms with van der Waals surface area (Å²) in [4.78, 5) is 34.1. The van der Waals surface area contributed by atoms with Gasteiger partial charge in [0.25, 0.3) is 0 Å². The molecule has 0 spiro atoms. The second-order valence-corrected chi connectivity index (χ2v) is 11.4. The number of phosphoric ester groups is 1. The summed E-state index contributed by atoms with van der Waals surface area (Å²) in [5.41, 5.74) is 5.28. The van der Waals surface area contributed by atoms with E-state index in [1.54, 1.807) is 0 Å². The minimum atomic E-state index is -4.34. The molecule has 0 rings (SSSR count). The van der Waals surface area contributed by atoms with Crippen LogP contribution in [0.2, 0.25) is 0 Å². The van der Waals surface area contributed by atoms with E-state index in [1.807, 2.05) is 0 Å². The van der Waals surface area contributed by atoms with Gasteiger partial charge in [0.15, 0.2) is 6.10 Å². The van der Waals surface area contributed by atoms with E-state index in [1.165, 1.54) is 64.2 Å². The molecule has 0 saturated carbocycles. The molecule has 0 radical (unpaired) electrons. The molecule has 10 heteroatoms. The average molecular weight is 566 g/mol. The molecule has 3 N–H and O–H groups in total. The summed E-state index contributed by atoms with van der Waals surface area (Å²) in [6.45, 7) is 3.57. The molecule has 0 aliphatic heterocycles. The predicted octanol–water partition coefficient (Wildman–Crippen LogP) is 6.99. The molecule has 226 valence electrons. The molecule has 0 amide bonds. The van der Waals surface area contributed by atoms with Crippen LogP contribution in [0.15, 0.2) is 0 Å². The van der Waals surface area contributed by atoms with Gasteiger partial charge in [0, 0.05) is 19.4 Å². The van der Waals surface area contributed by atoms with Crippen LogP contribution in [0.5, 0.6) is 0 Å². The maximum Gasteiger partial charge on any atom is 0.472 e. The van der Waals surface area contributed by atoms with Crippen molar-refractivity contribution in [3.05, 3.63) is 0 Å². The lowest BCUT2D eigenvalue weighted by Gasteiger charge is -2.19. The third-order valence-corrected chi connectivity index (χ3v) is 7.23. The molecule has 0 fully saturated rings. The monoisotopic (exact) mass is 565 g/mol. The lowest BCUT2D eigenvalue weighted by Crippen LogP contribution is -2.29. The summed E-state index contributed by atoms with van der Waals surface area (Å²) in [5.74, 6) is -0.846. The SMILES string of the molecule is CCCCCCCCCCCCCCCC(=O)O[C@H](COC(=O)CCCCCC)COP(=O)(O)OCCN. The third kappa shape index (κ3) is 25.3. The molecule has 0 heterocycles. The summed E-state index contributed by atoms with van der Waals surface area (Å²) in [5, 5.41) is 0. The summed E-state index contributed by atoms with van der Waals surface area (Å²) in [7, 11) is -4.34. The first-order valence-electron chi connectivity index (χ1n) is 15.0. The summed E-state index contributed by atoms with van der Waals surface area (Å²) >= 11 is 0. The Labute approximate surface area is 231 Å². The number of carbonyl (C=O) groups is 2. The molecular weight excluding hydrogens is 509 g/mol. The number of phosphoric acid groups is 1. The highest BCUT2D eigenvalue weighted by molar-refractivity contribution is 7.47. The topological polar surface area (TPSA) is 134 Å². The molecule has 0 aliphatic rings. The first kappa shape index (κ1) is 37.0. The van der Waals surface area contributed by atoms with Gasteiger partial charge in [-0.25, -0.2) is 4.57 Å². The van der Waals surface area contributed by atoms with Crippen molar-refractivity contribution in [2.24, 2.45) is 5.73 Å². The molecule has 0 bridgehead atoms. The molecular formula is C28H56NO8P. The maximum absolute atomic E-state index is 12.3. The summed E-state index contributed by atoms with van der Waals surface area (Å²) in [6, 6.07) is 0. The Morgan fingerprint density at radius 3 is 1.63 bits per heavy atom. The molecule has 9 nitrogen and oxygen atoms in total. The fourth-order valence-electron chi connectivity index (χ4n) is 3.98. The Bertz CT molecular complexity index is 620. The Balaban J connectivity index is 4.21. The van der Waals surface area contributed by atoms with E-state index < -0.39 is 32.5 Å². The lowest BCUT2D eigenvalue weighted by atomic mass is 10.0. The number of esters is 2. The minimum Gasteiger partial charge on any atom is -0.462 e. The van der Waals surface area contributed by atoms with Crippen molar-refractivity contribution in [1.29, 1.82) is 0 Å². The number of nitrogens with two attached hydrogens (primary N) is 1. The van der Waals surface area contributed by atoms with Crippen LogP contribution >= 0.6 is 7.82 Å². The fraction of sp³-hybridized carbons (Fsp3) is 0.929. The average Bonchev–Trinajstić information content (AvgIpc) is 2.89. The lowest BCUT2D eigenvalue weighted by molar-refractivity contribution is -0.161. The van der Waals surface area contributed by atoms with Gasteiger partial charge in [0.1, 0.15) is 6.61 Å². The highest BCUT2D eigenvalue weighted by Gasteiger charge is 2.25. The van der Waals surface area contributed by atoms with Crippen LogP contribution in [-0.4, -0.2) is 49.3 Å². The van der Waals surface area contributed by atoms with Crippen LogP contribution < -0.4 is 5.73 Å². The second kappa shape index (κ2) is 26.2. The van der Waals surface area contributed by atoms with Gasteiger partial charge in [-0.1, -0.05) is 110 Å². The zero-order valence-electron chi connectivity index (χ0n) is 24.2. The van der Waals surface area contributed by atoms with Crippen molar-refractivity contribution < 1.29 is 37.6 Å². The molecule has 0 aromatic carbocycles. The normalized spacial score (nSPS) is 13.7. The van der Waals surface area contributed by atoms with E-state index >= 15 is 0 Å². The smallest absolute Gasteiger partial charge is 0.462 e. The first-order valence-corrected chi connectivity index (χ1v) is 16.5. The van der Waals surface area contributed by atoms with Gasteiger partial charge < -0.3 is 20.1 Å². The number of hydrogen-bond donors (Lipinski definition) is 2. The van der Waals surface area contributed by atoms with Crippen LogP contribution in [0.1, 0.15) is 136 Å². The largest absolute Gasteiger partial charge is 0.472 e. The first-order chi connectivity index (χ1) is 18.3. The quantitative estimate of drug-likeness (QED) is 0.0585. The van der Waals surface area contributed by atoms with E-state index in [4.69, 9.17) is 24.3 Å². The van der Waals surface area contributed by atoms with E-state index in [0.717, 1.165) is 38.5 Å². The van der Waals surface area contributed by atoms with Crippen LogP contribution in [0.3, 0.4) is 0 Å². The van der Waals surface area contributed by atoms with E-state index in [-0.39, 0.29) is 32.6 Å². The molecule has 2 atom stereocenters. The Morgan fingerprint density at radius 2 is 1.13 bits per heavy atom. The Hall–Kier alpha value is -0.990. The van der Waals surface area contributed by atoms with Gasteiger partial charge in [0.2, 0.25) is 0 Å². The van der Waals surface area contributed by atoms with Crippen LogP contribution in [0.25, 0.3) is 0 Å². The number of ether oxygens (including phenoxy) is 2. The van der Waals surface area contributed by atoms with E-state index in [2.05, 4.69) is 13.8 Å². The van der Waals surface area contributed by atoms with Gasteiger partial charge in [-0.2, -0.15) is 0 Å². The molecule has 1 unspecified atom stereocenters.